The predicted octanol–water partition coefficient (Wildman–Crippen LogP) is 5.15. The molecular weight excluding hydrogens is 437 g/mol. The second-order valence-corrected chi connectivity index (χ2v) is 8.91. The monoisotopic (exact) mass is 451 g/mol. The van der Waals surface area contributed by atoms with Gasteiger partial charge in [0.25, 0.3) is 5.91 Å². The van der Waals surface area contributed by atoms with Crippen molar-refractivity contribution in [2.45, 2.75) is 4.90 Å². The summed E-state index contributed by atoms with van der Waals surface area (Å²) in [5.41, 5.74) is -0.0428. The highest BCUT2D eigenvalue weighted by Crippen LogP contribution is 2.33. The van der Waals surface area contributed by atoms with E-state index in [1.165, 1.54) is 30.3 Å². The number of carbonyl (C=O) groups excluding carboxylic acids is 1. The molecule has 0 aromatic heterocycles. The molecule has 0 aliphatic heterocycles. The fourth-order valence-corrected chi connectivity index (χ4v) is 3.78. The molecule has 0 atom stereocenters. The molecule has 3 aromatic carbocycles. The molecule has 0 saturated carbocycles. The summed E-state index contributed by atoms with van der Waals surface area (Å²) in [6.07, 6.45) is 0.957. The smallest absolute Gasteiger partial charge is 0.260 e. The Kier molecular flexibility index (Phi) is 6.02. The van der Waals surface area contributed by atoms with Crippen LogP contribution in [-0.4, -0.2) is 25.7 Å². The van der Waals surface area contributed by atoms with Gasteiger partial charge in [0, 0.05) is 17.0 Å². The van der Waals surface area contributed by atoms with Gasteiger partial charge in [-0.1, -0.05) is 29.3 Å². The molecule has 0 aliphatic carbocycles. The van der Waals surface area contributed by atoms with E-state index in [-0.39, 0.29) is 15.5 Å². The highest BCUT2D eigenvalue weighted by Gasteiger charge is 2.22. The number of halogens is 2. The second-order valence-electron chi connectivity index (χ2n) is 6.08. The summed E-state index contributed by atoms with van der Waals surface area (Å²) in [5, 5.41) is 13.3. The molecule has 0 fully saturated rings. The highest BCUT2D eigenvalue weighted by atomic mass is 35.5. The normalized spacial score (nSPS) is 11.1. The molecule has 0 radical (unpaired) electrons. The standard InChI is InChI=1S/C20H15Cl2NO5S/c1-29(26,27)18-4-2-3-16(24)19(18)20(25)23-13-7-10-17(15(22)11-13)28-14-8-5-12(21)6-9-14/h2-11,24H,1H3,(H,23,25). The van der Waals surface area contributed by atoms with Crippen LogP contribution < -0.4 is 10.1 Å². The van der Waals surface area contributed by atoms with Gasteiger partial charge in [0.05, 0.1) is 9.92 Å². The summed E-state index contributed by atoms with van der Waals surface area (Å²) in [6.45, 7) is 0. The summed E-state index contributed by atoms with van der Waals surface area (Å²) < 4.78 is 29.5. The Labute approximate surface area is 177 Å². The fraction of sp³-hybridized carbons (Fsp3) is 0.0500. The number of aromatic hydroxyl groups is 1. The van der Waals surface area contributed by atoms with E-state index in [9.17, 15) is 18.3 Å². The summed E-state index contributed by atoms with van der Waals surface area (Å²) in [6, 6.07) is 15.1. The lowest BCUT2D eigenvalue weighted by Gasteiger charge is -2.12. The molecule has 0 aliphatic rings. The quantitative estimate of drug-likeness (QED) is 0.559. The Hall–Kier alpha value is -2.74. The van der Waals surface area contributed by atoms with Crippen LogP contribution in [0.4, 0.5) is 5.69 Å². The summed E-state index contributed by atoms with van der Waals surface area (Å²) in [7, 11) is -3.72. The van der Waals surface area contributed by atoms with Crippen molar-refractivity contribution >= 4 is 44.6 Å². The molecule has 29 heavy (non-hydrogen) atoms. The first-order valence-electron chi connectivity index (χ1n) is 8.21. The summed E-state index contributed by atoms with van der Waals surface area (Å²) >= 11 is 12.1. The van der Waals surface area contributed by atoms with E-state index >= 15 is 0 Å². The minimum atomic E-state index is -3.72. The van der Waals surface area contributed by atoms with Crippen molar-refractivity contribution in [1.29, 1.82) is 0 Å². The number of anilines is 1. The third kappa shape index (κ3) is 5.00. The first-order valence-corrected chi connectivity index (χ1v) is 10.9. The first-order chi connectivity index (χ1) is 13.6. The van der Waals surface area contributed by atoms with Crippen LogP contribution in [0.25, 0.3) is 0 Å². The second kappa shape index (κ2) is 8.32. The Balaban J connectivity index is 1.84. The van der Waals surface area contributed by atoms with Crippen molar-refractivity contribution in [3.8, 4) is 17.2 Å². The van der Waals surface area contributed by atoms with Gasteiger partial charge in [-0.3, -0.25) is 4.79 Å². The molecule has 1 amide bonds. The molecule has 6 nitrogen and oxygen atoms in total. The van der Waals surface area contributed by atoms with Gasteiger partial charge in [-0.15, -0.1) is 0 Å². The summed E-state index contributed by atoms with van der Waals surface area (Å²) in [4.78, 5) is 12.3. The number of hydrogen-bond acceptors (Lipinski definition) is 5. The zero-order valence-electron chi connectivity index (χ0n) is 15.0. The Morgan fingerprint density at radius 3 is 2.34 bits per heavy atom. The highest BCUT2D eigenvalue weighted by molar-refractivity contribution is 7.90. The number of benzene rings is 3. The molecule has 0 spiro atoms. The number of phenols is 1. The molecule has 3 rings (SSSR count). The van der Waals surface area contributed by atoms with Crippen LogP contribution in [0.15, 0.2) is 65.6 Å². The van der Waals surface area contributed by atoms with Crippen LogP contribution in [0.5, 0.6) is 17.2 Å². The average Bonchev–Trinajstić information content (AvgIpc) is 2.64. The summed E-state index contributed by atoms with van der Waals surface area (Å²) in [5.74, 6) is -0.350. The number of carbonyl (C=O) groups is 1. The van der Waals surface area contributed by atoms with Crippen LogP contribution in [0.1, 0.15) is 10.4 Å². The van der Waals surface area contributed by atoms with Crippen molar-refractivity contribution < 1.29 is 23.1 Å². The van der Waals surface area contributed by atoms with Crippen molar-refractivity contribution in [2.75, 3.05) is 11.6 Å². The maximum absolute atomic E-state index is 12.6. The van der Waals surface area contributed by atoms with Crippen molar-refractivity contribution in [2.24, 2.45) is 0 Å². The van der Waals surface area contributed by atoms with E-state index in [4.69, 9.17) is 27.9 Å². The van der Waals surface area contributed by atoms with Crippen LogP contribution in [0, 0.1) is 0 Å². The van der Waals surface area contributed by atoms with Crippen LogP contribution in [-0.2, 0) is 9.84 Å². The Bertz CT molecular complexity index is 1180. The lowest BCUT2D eigenvalue weighted by Crippen LogP contribution is -2.16. The van der Waals surface area contributed by atoms with Gasteiger partial charge in [0.2, 0.25) is 0 Å². The van der Waals surface area contributed by atoms with Crippen molar-refractivity contribution in [1.82, 2.24) is 0 Å². The third-order valence-electron chi connectivity index (χ3n) is 3.86. The SMILES string of the molecule is CS(=O)(=O)c1cccc(O)c1C(=O)Nc1ccc(Oc2ccc(Cl)cc2)c(Cl)c1. The van der Waals surface area contributed by atoms with Gasteiger partial charge in [0.1, 0.15) is 22.8 Å². The van der Waals surface area contributed by atoms with Gasteiger partial charge < -0.3 is 15.2 Å². The number of rotatable bonds is 5. The molecule has 9 heteroatoms. The predicted molar refractivity (Wildman–Crippen MR) is 112 cm³/mol. The van der Waals surface area contributed by atoms with E-state index < -0.39 is 21.5 Å². The zero-order chi connectivity index (χ0) is 21.2. The van der Waals surface area contributed by atoms with Gasteiger partial charge in [-0.05, 0) is 54.6 Å². The molecule has 0 bridgehead atoms. The maximum Gasteiger partial charge on any atom is 0.260 e. The average molecular weight is 452 g/mol. The van der Waals surface area contributed by atoms with Gasteiger partial charge in [-0.25, -0.2) is 8.42 Å². The van der Waals surface area contributed by atoms with E-state index in [1.807, 2.05) is 0 Å². The molecular formula is C20H15Cl2NO5S. The zero-order valence-corrected chi connectivity index (χ0v) is 17.3. The molecule has 3 aromatic rings. The number of hydrogen-bond donors (Lipinski definition) is 2. The lowest BCUT2D eigenvalue weighted by atomic mass is 10.1. The first kappa shape index (κ1) is 21.0. The number of phenolic OH excluding ortho intramolecular Hbond substituents is 1. The molecule has 0 heterocycles. The maximum atomic E-state index is 12.6. The fourth-order valence-electron chi connectivity index (χ4n) is 2.54. The minimum Gasteiger partial charge on any atom is -0.507 e. The molecule has 150 valence electrons. The van der Waals surface area contributed by atoms with Crippen LogP contribution in [0.3, 0.4) is 0 Å². The minimum absolute atomic E-state index is 0.221. The Morgan fingerprint density at radius 2 is 1.72 bits per heavy atom. The lowest BCUT2D eigenvalue weighted by molar-refractivity contribution is 0.102. The van der Waals surface area contributed by atoms with E-state index in [2.05, 4.69) is 5.32 Å². The Morgan fingerprint density at radius 1 is 1.03 bits per heavy atom. The van der Waals surface area contributed by atoms with Gasteiger partial charge in [0.15, 0.2) is 9.84 Å². The van der Waals surface area contributed by atoms with Gasteiger partial charge >= 0.3 is 0 Å². The van der Waals surface area contributed by atoms with Gasteiger partial charge in [-0.2, -0.15) is 0 Å². The van der Waals surface area contributed by atoms with Crippen LogP contribution in [0.2, 0.25) is 10.0 Å². The largest absolute Gasteiger partial charge is 0.507 e. The number of sulfone groups is 1. The number of ether oxygens (including phenoxy) is 1. The van der Waals surface area contributed by atoms with Crippen molar-refractivity contribution in [3.05, 3.63) is 76.3 Å². The van der Waals surface area contributed by atoms with Crippen molar-refractivity contribution in [3.63, 3.8) is 0 Å². The van der Waals surface area contributed by atoms with Crippen LogP contribution >= 0.6 is 23.2 Å². The number of amides is 1. The molecule has 0 saturated heterocycles. The topological polar surface area (TPSA) is 92.7 Å². The van der Waals surface area contributed by atoms with E-state index in [1.54, 1.807) is 30.3 Å². The number of nitrogens with one attached hydrogen (secondary N) is 1. The van der Waals surface area contributed by atoms with E-state index in [0.717, 1.165) is 6.26 Å². The van der Waals surface area contributed by atoms with E-state index in [0.29, 0.717) is 22.2 Å². The molecule has 2 N–H and O–H groups in total. The third-order valence-corrected chi connectivity index (χ3v) is 5.55. The molecule has 0 unspecified atom stereocenters.